The summed E-state index contributed by atoms with van der Waals surface area (Å²) < 4.78 is 5.14. The number of amides is 1. The van der Waals surface area contributed by atoms with E-state index in [2.05, 4.69) is 11.7 Å². The molecule has 1 saturated carbocycles. The van der Waals surface area contributed by atoms with Crippen molar-refractivity contribution >= 4 is 12.8 Å². The van der Waals surface area contributed by atoms with E-state index in [1.807, 2.05) is 6.92 Å². The number of aliphatic imine (C=N–C) groups is 1. The standard InChI is InChI=1S/C10H18N2O2/c1-3-12(7-6-11-2)10(13)14-8-9-4-5-9/h9H,2-8H2,1H3. The van der Waals surface area contributed by atoms with E-state index in [1.165, 1.54) is 12.8 Å². The first kappa shape index (κ1) is 11.0. The van der Waals surface area contributed by atoms with Crippen LogP contribution in [0.15, 0.2) is 4.99 Å². The van der Waals surface area contributed by atoms with Gasteiger partial charge < -0.3 is 9.64 Å². The molecule has 0 aromatic carbocycles. The fourth-order valence-corrected chi connectivity index (χ4v) is 1.13. The summed E-state index contributed by atoms with van der Waals surface area (Å²) >= 11 is 0. The quantitative estimate of drug-likeness (QED) is 0.608. The topological polar surface area (TPSA) is 41.9 Å². The van der Waals surface area contributed by atoms with Crippen LogP contribution in [0.4, 0.5) is 4.79 Å². The Morgan fingerprint density at radius 2 is 2.36 bits per heavy atom. The van der Waals surface area contributed by atoms with Crippen LogP contribution in [0.2, 0.25) is 0 Å². The van der Waals surface area contributed by atoms with Gasteiger partial charge >= 0.3 is 6.09 Å². The number of ether oxygens (including phenoxy) is 1. The zero-order chi connectivity index (χ0) is 10.4. The predicted molar refractivity (Wildman–Crippen MR) is 55.7 cm³/mol. The lowest BCUT2D eigenvalue weighted by atomic mass is 10.5. The van der Waals surface area contributed by atoms with Crippen molar-refractivity contribution in [3.8, 4) is 0 Å². The number of carbonyl (C=O) groups is 1. The Balaban J connectivity index is 2.18. The Bertz CT molecular complexity index is 202. The summed E-state index contributed by atoms with van der Waals surface area (Å²) in [6, 6.07) is 0. The van der Waals surface area contributed by atoms with Gasteiger partial charge in [-0.1, -0.05) is 0 Å². The molecule has 0 saturated heterocycles. The molecule has 0 aromatic rings. The Kier molecular flexibility index (Phi) is 4.43. The maximum absolute atomic E-state index is 11.5. The van der Waals surface area contributed by atoms with Crippen molar-refractivity contribution in [1.82, 2.24) is 4.90 Å². The Morgan fingerprint density at radius 3 is 2.86 bits per heavy atom. The van der Waals surface area contributed by atoms with Gasteiger partial charge in [0, 0.05) is 13.1 Å². The summed E-state index contributed by atoms with van der Waals surface area (Å²) in [4.78, 5) is 16.8. The van der Waals surface area contributed by atoms with Gasteiger partial charge in [0.05, 0.1) is 13.2 Å². The number of nitrogens with zero attached hydrogens (tertiary/aromatic N) is 2. The molecule has 0 radical (unpaired) electrons. The lowest BCUT2D eigenvalue weighted by Gasteiger charge is -2.19. The molecule has 0 N–H and O–H groups in total. The van der Waals surface area contributed by atoms with Crippen molar-refractivity contribution in [2.45, 2.75) is 19.8 Å². The molecule has 1 amide bonds. The van der Waals surface area contributed by atoms with Crippen LogP contribution in [0.5, 0.6) is 0 Å². The molecule has 80 valence electrons. The average molecular weight is 198 g/mol. The van der Waals surface area contributed by atoms with Crippen LogP contribution in [0.25, 0.3) is 0 Å². The van der Waals surface area contributed by atoms with Crippen molar-refractivity contribution < 1.29 is 9.53 Å². The fourth-order valence-electron chi connectivity index (χ4n) is 1.13. The summed E-state index contributed by atoms with van der Waals surface area (Å²) in [5.74, 6) is 0.621. The highest BCUT2D eigenvalue weighted by Gasteiger charge is 2.24. The maximum atomic E-state index is 11.5. The highest BCUT2D eigenvalue weighted by atomic mass is 16.6. The molecule has 0 bridgehead atoms. The molecule has 0 unspecified atom stereocenters. The number of rotatable bonds is 6. The van der Waals surface area contributed by atoms with E-state index in [1.54, 1.807) is 4.90 Å². The van der Waals surface area contributed by atoms with Gasteiger partial charge in [-0.25, -0.2) is 4.79 Å². The lowest BCUT2D eigenvalue weighted by molar-refractivity contribution is 0.101. The van der Waals surface area contributed by atoms with Gasteiger partial charge in [-0.2, -0.15) is 0 Å². The monoisotopic (exact) mass is 198 g/mol. The minimum absolute atomic E-state index is 0.219. The second kappa shape index (κ2) is 5.62. The minimum atomic E-state index is -0.219. The van der Waals surface area contributed by atoms with Crippen LogP contribution in [-0.4, -0.2) is 44.0 Å². The second-order valence-corrected chi connectivity index (χ2v) is 3.55. The summed E-state index contributed by atoms with van der Waals surface area (Å²) in [5.41, 5.74) is 0. The zero-order valence-corrected chi connectivity index (χ0v) is 8.74. The predicted octanol–water partition coefficient (Wildman–Crippen LogP) is 1.56. The zero-order valence-electron chi connectivity index (χ0n) is 8.74. The molecule has 1 rings (SSSR count). The molecular weight excluding hydrogens is 180 g/mol. The number of likely N-dealkylation sites (N-methyl/N-ethyl adjacent to an activating group) is 1. The second-order valence-electron chi connectivity index (χ2n) is 3.55. The number of hydrogen-bond acceptors (Lipinski definition) is 3. The van der Waals surface area contributed by atoms with Crippen LogP contribution in [-0.2, 0) is 4.74 Å². The van der Waals surface area contributed by atoms with E-state index in [0.29, 0.717) is 32.2 Å². The van der Waals surface area contributed by atoms with Gasteiger partial charge in [-0.3, -0.25) is 4.99 Å². The summed E-state index contributed by atoms with van der Waals surface area (Å²) in [5, 5.41) is 0. The Labute approximate surface area is 84.9 Å². The molecular formula is C10H18N2O2. The van der Waals surface area contributed by atoms with Gasteiger partial charge in [-0.05, 0) is 32.4 Å². The van der Waals surface area contributed by atoms with Gasteiger partial charge in [0.2, 0.25) is 0 Å². The summed E-state index contributed by atoms with van der Waals surface area (Å²) in [7, 11) is 0. The molecule has 0 aliphatic heterocycles. The minimum Gasteiger partial charge on any atom is -0.449 e. The van der Waals surface area contributed by atoms with Crippen LogP contribution in [0, 0.1) is 5.92 Å². The van der Waals surface area contributed by atoms with Crippen LogP contribution >= 0.6 is 0 Å². The number of carbonyl (C=O) groups excluding carboxylic acids is 1. The first-order chi connectivity index (χ1) is 6.77. The van der Waals surface area contributed by atoms with Gasteiger partial charge in [0.1, 0.15) is 0 Å². The van der Waals surface area contributed by atoms with E-state index < -0.39 is 0 Å². The first-order valence-corrected chi connectivity index (χ1v) is 5.12. The molecule has 1 aliphatic carbocycles. The molecule has 0 spiro atoms. The van der Waals surface area contributed by atoms with Crippen LogP contribution < -0.4 is 0 Å². The molecule has 4 nitrogen and oxygen atoms in total. The van der Waals surface area contributed by atoms with Crippen LogP contribution in [0.3, 0.4) is 0 Å². The third-order valence-electron chi connectivity index (χ3n) is 2.31. The fraction of sp³-hybridized carbons (Fsp3) is 0.800. The molecule has 1 aliphatic rings. The van der Waals surface area contributed by atoms with Crippen LogP contribution in [0.1, 0.15) is 19.8 Å². The Morgan fingerprint density at radius 1 is 1.64 bits per heavy atom. The third kappa shape index (κ3) is 3.77. The van der Waals surface area contributed by atoms with Gasteiger partial charge in [0.25, 0.3) is 0 Å². The highest BCUT2D eigenvalue weighted by Crippen LogP contribution is 2.28. The van der Waals surface area contributed by atoms with Gasteiger partial charge in [0.15, 0.2) is 0 Å². The Hall–Kier alpha value is -1.06. The average Bonchev–Trinajstić information content (AvgIpc) is 2.99. The normalized spacial score (nSPS) is 14.9. The van der Waals surface area contributed by atoms with Gasteiger partial charge in [-0.15, -0.1) is 0 Å². The molecule has 0 aromatic heterocycles. The maximum Gasteiger partial charge on any atom is 0.409 e. The third-order valence-corrected chi connectivity index (χ3v) is 2.31. The van der Waals surface area contributed by atoms with Crippen molar-refractivity contribution in [1.29, 1.82) is 0 Å². The van der Waals surface area contributed by atoms with E-state index in [0.717, 1.165) is 0 Å². The summed E-state index contributed by atoms with van der Waals surface area (Å²) in [6.07, 6.45) is 2.18. The van der Waals surface area contributed by atoms with E-state index in [4.69, 9.17) is 4.74 Å². The van der Waals surface area contributed by atoms with E-state index in [-0.39, 0.29) is 6.09 Å². The molecule has 14 heavy (non-hydrogen) atoms. The van der Waals surface area contributed by atoms with E-state index >= 15 is 0 Å². The van der Waals surface area contributed by atoms with E-state index in [9.17, 15) is 4.79 Å². The molecule has 1 fully saturated rings. The van der Waals surface area contributed by atoms with Crippen molar-refractivity contribution in [3.63, 3.8) is 0 Å². The largest absolute Gasteiger partial charge is 0.449 e. The highest BCUT2D eigenvalue weighted by molar-refractivity contribution is 5.67. The molecule has 0 heterocycles. The molecule has 0 atom stereocenters. The smallest absolute Gasteiger partial charge is 0.409 e. The van der Waals surface area contributed by atoms with Crippen molar-refractivity contribution in [3.05, 3.63) is 0 Å². The first-order valence-electron chi connectivity index (χ1n) is 5.12. The lowest BCUT2D eigenvalue weighted by Crippen LogP contribution is -2.33. The SMILES string of the molecule is C=NCCN(CC)C(=O)OCC1CC1. The molecule has 4 heteroatoms. The van der Waals surface area contributed by atoms with Crippen molar-refractivity contribution in [2.75, 3.05) is 26.2 Å². The number of hydrogen-bond donors (Lipinski definition) is 0. The summed E-state index contributed by atoms with van der Waals surface area (Å²) in [6.45, 7) is 7.74. The van der Waals surface area contributed by atoms with Crippen molar-refractivity contribution in [2.24, 2.45) is 10.9 Å².